The molecule has 92 valence electrons. The van der Waals surface area contributed by atoms with E-state index in [2.05, 4.69) is 17.3 Å². The van der Waals surface area contributed by atoms with Crippen LogP contribution in [0, 0.1) is 0 Å². The van der Waals surface area contributed by atoms with Crippen LogP contribution in [0.4, 0.5) is 0 Å². The third-order valence-electron chi connectivity index (χ3n) is 2.49. The van der Waals surface area contributed by atoms with Crippen molar-refractivity contribution in [2.24, 2.45) is 0 Å². The van der Waals surface area contributed by atoms with E-state index in [1.807, 2.05) is 0 Å². The number of nitrogens with one attached hydrogen (secondary N) is 1. The lowest BCUT2D eigenvalue weighted by Crippen LogP contribution is -2.45. The third kappa shape index (κ3) is 5.25. The van der Waals surface area contributed by atoms with Crippen LogP contribution >= 0.6 is 0 Å². The van der Waals surface area contributed by atoms with E-state index in [0.29, 0.717) is 6.54 Å². The normalized spacial score (nSPS) is 23.4. The van der Waals surface area contributed by atoms with Gasteiger partial charge in [0.05, 0.1) is 12.7 Å². The summed E-state index contributed by atoms with van der Waals surface area (Å²) in [7, 11) is 2.07. The maximum Gasteiger partial charge on any atom is 0.328 e. The van der Waals surface area contributed by atoms with Crippen LogP contribution in [0.15, 0.2) is 11.6 Å². The molecule has 0 bridgehead atoms. The van der Waals surface area contributed by atoms with E-state index in [0.717, 1.165) is 31.8 Å². The van der Waals surface area contributed by atoms with E-state index in [4.69, 9.17) is 9.84 Å². The van der Waals surface area contributed by atoms with Gasteiger partial charge in [-0.2, -0.15) is 0 Å². The molecule has 0 aliphatic carbocycles. The summed E-state index contributed by atoms with van der Waals surface area (Å²) >= 11 is 0. The Labute approximate surface area is 96.1 Å². The summed E-state index contributed by atoms with van der Waals surface area (Å²) in [6, 6.07) is 0. The lowest BCUT2D eigenvalue weighted by molar-refractivity contribution is -0.131. The highest BCUT2D eigenvalue weighted by Gasteiger charge is 2.16. The molecule has 1 saturated heterocycles. The number of likely N-dealkylation sites (N-methyl/N-ethyl adjacent to an activating group) is 1. The first-order valence-electron chi connectivity index (χ1n) is 5.49. The second-order valence-electron chi connectivity index (χ2n) is 4.21. The maximum atomic E-state index is 10.4. The predicted molar refractivity (Wildman–Crippen MR) is 61.5 cm³/mol. The summed E-state index contributed by atoms with van der Waals surface area (Å²) in [5, 5.41) is 11.7. The van der Waals surface area contributed by atoms with Crippen molar-refractivity contribution in [1.82, 2.24) is 10.2 Å². The van der Waals surface area contributed by atoms with Crippen molar-refractivity contribution in [2.75, 3.05) is 39.8 Å². The zero-order chi connectivity index (χ0) is 12.0. The van der Waals surface area contributed by atoms with Crippen molar-refractivity contribution >= 4 is 5.97 Å². The third-order valence-corrected chi connectivity index (χ3v) is 2.49. The van der Waals surface area contributed by atoms with E-state index in [9.17, 15) is 4.79 Å². The van der Waals surface area contributed by atoms with E-state index < -0.39 is 5.97 Å². The molecule has 1 unspecified atom stereocenters. The average Bonchev–Trinajstić information content (AvgIpc) is 2.16. The van der Waals surface area contributed by atoms with Gasteiger partial charge in [0, 0.05) is 32.3 Å². The molecule has 0 aromatic heterocycles. The van der Waals surface area contributed by atoms with Crippen molar-refractivity contribution in [3.8, 4) is 0 Å². The topological polar surface area (TPSA) is 61.8 Å². The van der Waals surface area contributed by atoms with E-state index in [1.165, 1.54) is 6.08 Å². The highest BCUT2D eigenvalue weighted by atomic mass is 16.5. The zero-order valence-corrected chi connectivity index (χ0v) is 9.90. The second-order valence-corrected chi connectivity index (χ2v) is 4.21. The molecular weight excluding hydrogens is 208 g/mol. The fourth-order valence-electron chi connectivity index (χ4n) is 1.68. The number of ether oxygens (including phenoxy) is 1. The first-order chi connectivity index (χ1) is 7.58. The Bertz CT molecular complexity index is 266. The summed E-state index contributed by atoms with van der Waals surface area (Å²) in [5.74, 6) is -0.895. The molecule has 1 aliphatic rings. The number of carboxylic acid groups (broad SMARTS) is 1. The van der Waals surface area contributed by atoms with Crippen LogP contribution in [-0.2, 0) is 9.53 Å². The number of carboxylic acids is 1. The van der Waals surface area contributed by atoms with Crippen molar-refractivity contribution in [2.45, 2.75) is 13.0 Å². The summed E-state index contributed by atoms with van der Waals surface area (Å²) in [4.78, 5) is 12.6. The highest BCUT2D eigenvalue weighted by Crippen LogP contribution is 2.01. The molecule has 0 aromatic carbocycles. The number of aliphatic carboxylic acids is 1. The molecular formula is C11H20N2O3. The Morgan fingerprint density at radius 1 is 1.69 bits per heavy atom. The molecule has 1 rings (SSSR count). The quantitative estimate of drug-likeness (QED) is 0.645. The van der Waals surface area contributed by atoms with Gasteiger partial charge in [0.2, 0.25) is 0 Å². The molecule has 0 saturated carbocycles. The molecule has 0 radical (unpaired) electrons. The minimum Gasteiger partial charge on any atom is -0.478 e. The zero-order valence-electron chi connectivity index (χ0n) is 9.90. The monoisotopic (exact) mass is 228 g/mol. The first kappa shape index (κ1) is 13.2. The summed E-state index contributed by atoms with van der Waals surface area (Å²) in [5.41, 5.74) is 0.816. The molecule has 0 amide bonds. The predicted octanol–water partition coefficient (Wildman–Crippen LogP) is -0.0625. The Balaban J connectivity index is 2.17. The van der Waals surface area contributed by atoms with Crippen LogP contribution in [0.1, 0.15) is 6.92 Å². The van der Waals surface area contributed by atoms with Crippen molar-refractivity contribution in [1.29, 1.82) is 0 Å². The largest absolute Gasteiger partial charge is 0.478 e. The van der Waals surface area contributed by atoms with Gasteiger partial charge in [0.15, 0.2) is 0 Å². The number of nitrogens with zero attached hydrogens (tertiary/aromatic N) is 1. The van der Waals surface area contributed by atoms with Crippen LogP contribution in [0.2, 0.25) is 0 Å². The van der Waals surface area contributed by atoms with Gasteiger partial charge < -0.3 is 20.1 Å². The smallest absolute Gasteiger partial charge is 0.328 e. The molecule has 2 N–H and O–H groups in total. The number of hydrogen-bond donors (Lipinski definition) is 2. The molecule has 16 heavy (non-hydrogen) atoms. The molecule has 1 aliphatic heterocycles. The highest BCUT2D eigenvalue weighted by molar-refractivity contribution is 5.80. The van der Waals surface area contributed by atoms with Gasteiger partial charge in [-0.1, -0.05) is 5.57 Å². The van der Waals surface area contributed by atoms with Crippen LogP contribution in [0.5, 0.6) is 0 Å². The Morgan fingerprint density at radius 2 is 2.44 bits per heavy atom. The van der Waals surface area contributed by atoms with Gasteiger partial charge >= 0.3 is 5.97 Å². The van der Waals surface area contributed by atoms with Crippen molar-refractivity contribution in [3.05, 3.63) is 11.6 Å². The van der Waals surface area contributed by atoms with Crippen molar-refractivity contribution < 1.29 is 14.6 Å². The molecule has 0 aromatic rings. The summed E-state index contributed by atoms with van der Waals surface area (Å²) < 4.78 is 5.57. The van der Waals surface area contributed by atoms with Gasteiger partial charge in [0.1, 0.15) is 0 Å². The average molecular weight is 228 g/mol. The summed E-state index contributed by atoms with van der Waals surface area (Å²) in [6.45, 7) is 5.83. The fourth-order valence-corrected chi connectivity index (χ4v) is 1.68. The Kier molecular flexibility index (Phi) is 5.45. The number of rotatable bonds is 5. The van der Waals surface area contributed by atoms with Gasteiger partial charge in [-0.3, -0.25) is 0 Å². The van der Waals surface area contributed by atoms with Gasteiger partial charge in [-0.15, -0.1) is 0 Å². The van der Waals surface area contributed by atoms with Crippen LogP contribution < -0.4 is 5.32 Å². The molecule has 1 atom stereocenters. The maximum absolute atomic E-state index is 10.4. The van der Waals surface area contributed by atoms with E-state index in [-0.39, 0.29) is 6.10 Å². The molecule has 5 nitrogen and oxygen atoms in total. The molecule has 5 heteroatoms. The molecule has 1 fully saturated rings. The fraction of sp³-hybridized carbons (Fsp3) is 0.727. The molecule has 0 spiro atoms. The first-order valence-corrected chi connectivity index (χ1v) is 5.49. The van der Waals surface area contributed by atoms with Crippen molar-refractivity contribution in [3.63, 3.8) is 0 Å². The SMILES string of the molecule is CC(=CC(=O)O)CNCC1CN(C)CCO1. The second kappa shape index (κ2) is 6.62. The van der Waals surface area contributed by atoms with Crippen LogP contribution in [0.25, 0.3) is 0 Å². The standard InChI is InChI=1S/C11H20N2O3/c1-9(5-11(14)15)6-12-7-10-8-13(2)3-4-16-10/h5,10,12H,3-4,6-8H2,1-2H3,(H,14,15). The number of carbonyl (C=O) groups is 1. The molecule has 1 heterocycles. The minimum atomic E-state index is -0.895. The van der Waals surface area contributed by atoms with Crippen LogP contribution in [0.3, 0.4) is 0 Å². The number of morpholine rings is 1. The van der Waals surface area contributed by atoms with Crippen LogP contribution in [-0.4, -0.2) is 61.9 Å². The Hall–Kier alpha value is -0.910. The Morgan fingerprint density at radius 3 is 3.06 bits per heavy atom. The lowest BCUT2D eigenvalue weighted by atomic mass is 10.2. The lowest BCUT2D eigenvalue weighted by Gasteiger charge is -2.30. The van der Waals surface area contributed by atoms with Gasteiger partial charge in [-0.25, -0.2) is 4.79 Å². The van der Waals surface area contributed by atoms with E-state index >= 15 is 0 Å². The van der Waals surface area contributed by atoms with Gasteiger partial charge in [0.25, 0.3) is 0 Å². The summed E-state index contributed by atoms with van der Waals surface area (Å²) in [6.07, 6.45) is 1.43. The van der Waals surface area contributed by atoms with E-state index in [1.54, 1.807) is 6.92 Å². The minimum absolute atomic E-state index is 0.205. The van der Waals surface area contributed by atoms with Gasteiger partial charge in [-0.05, 0) is 14.0 Å². The number of hydrogen-bond acceptors (Lipinski definition) is 4.